The van der Waals surface area contributed by atoms with E-state index in [1.165, 1.54) is 0 Å². The summed E-state index contributed by atoms with van der Waals surface area (Å²) in [6.45, 7) is 1.85. The maximum absolute atomic E-state index is 12.5. The van der Waals surface area contributed by atoms with Gasteiger partial charge in [0.2, 0.25) is 0 Å². The van der Waals surface area contributed by atoms with Gasteiger partial charge in [-0.25, -0.2) is 0 Å². The van der Waals surface area contributed by atoms with Crippen molar-refractivity contribution in [3.8, 4) is 0 Å². The molecular weight excluding hydrogens is 272 g/mol. The molecule has 100 valence electrons. The number of Topliss-reactive ketones (excluding diaryl/α,β-unsaturated/α-hetero) is 1. The van der Waals surface area contributed by atoms with Crippen molar-refractivity contribution in [1.29, 1.82) is 0 Å². The lowest BCUT2D eigenvalue weighted by Crippen LogP contribution is -2.17. The molecule has 20 heavy (non-hydrogen) atoms. The summed E-state index contributed by atoms with van der Waals surface area (Å²) in [7, 11) is 0. The first-order valence-corrected chi connectivity index (χ1v) is 6.76. The van der Waals surface area contributed by atoms with Crippen LogP contribution in [0.2, 0.25) is 5.02 Å². The summed E-state index contributed by atoms with van der Waals surface area (Å²) in [4.78, 5) is 12.5. The van der Waals surface area contributed by atoms with Crippen LogP contribution < -0.4 is 0 Å². The van der Waals surface area contributed by atoms with E-state index in [0.29, 0.717) is 10.6 Å². The van der Waals surface area contributed by atoms with Crippen LogP contribution in [-0.4, -0.2) is 15.6 Å². The fraction of sp³-hybridized carbons (Fsp3) is 0.125. The third-order valence-electron chi connectivity index (χ3n) is 3.36. The van der Waals surface area contributed by atoms with Crippen LogP contribution in [0.5, 0.6) is 0 Å². The van der Waals surface area contributed by atoms with E-state index in [2.05, 4.69) is 5.10 Å². The van der Waals surface area contributed by atoms with Crippen LogP contribution >= 0.6 is 11.6 Å². The zero-order valence-electron chi connectivity index (χ0n) is 11.0. The molecule has 0 amide bonds. The van der Waals surface area contributed by atoms with Gasteiger partial charge in [-0.2, -0.15) is 5.10 Å². The van der Waals surface area contributed by atoms with Crippen molar-refractivity contribution < 1.29 is 4.79 Å². The number of halogens is 1. The lowest BCUT2D eigenvalue weighted by atomic mass is 10.1. The highest BCUT2D eigenvalue weighted by Gasteiger charge is 2.19. The van der Waals surface area contributed by atoms with Gasteiger partial charge in [-0.05, 0) is 25.1 Å². The van der Waals surface area contributed by atoms with E-state index < -0.39 is 0 Å². The average molecular weight is 285 g/mol. The zero-order valence-corrected chi connectivity index (χ0v) is 11.7. The molecule has 0 saturated carbocycles. The number of fused-ring (bicyclic) bond motifs is 1. The van der Waals surface area contributed by atoms with Gasteiger partial charge in [-0.3, -0.25) is 9.48 Å². The Bertz CT molecular complexity index is 779. The summed E-state index contributed by atoms with van der Waals surface area (Å²) in [5, 5.41) is 5.92. The number of hydrogen-bond donors (Lipinski definition) is 0. The molecule has 1 unspecified atom stereocenters. The van der Waals surface area contributed by atoms with Crippen LogP contribution in [-0.2, 0) is 0 Å². The summed E-state index contributed by atoms with van der Waals surface area (Å²) in [5.41, 5.74) is 1.56. The standard InChI is InChI=1S/C16H13ClN2O/c1-11(16(20)12-6-4-7-14(17)9-12)19-15-8-3-2-5-13(15)10-18-19/h2-11H,1H3. The second-order valence-corrected chi connectivity index (χ2v) is 5.13. The Morgan fingerprint density at radius 2 is 2.00 bits per heavy atom. The Balaban J connectivity index is 2.00. The van der Waals surface area contributed by atoms with E-state index in [1.807, 2.05) is 31.2 Å². The smallest absolute Gasteiger partial charge is 0.187 e. The zero-order chi connectivity index (χ0) is 14.1. The number of ketones is 1. The van der Waals surface area contributed by atoms with Gasteiger partial charge in [-0.1, -0.05) is 41.9 Å². The van der Waals surface area contributed by atoms with Crippen LogP contribution in [0.1, 0.15) is 23.3 Å². The van der Waals surface area contributed by atoms with E-state index in [4.69, 9.17) is 11.6 Å². The molecule has 3 aromatic rings. The number of para-hydroxylation sites is 1. The van der Waals surface area contributed by atoms with Crippen LogP contribution in [0.25, 0.3) is 10.9 Å². The number of carbonyl (C=O) groups excluding carboxylic acids is 1. The number of carbonyl (C=O) groups is 1. The minimum atomic E-state index is -0.367. The minimum Gasteiger partial charge on any atom is -0.292 e. The molecule has 0 saturated heterocycles. The summed E-state index contributed by atoms with van der Waals surface area (Å²) < 4.78 is 1.75. The topological polar surface area (TPSA) is 34.9 Å². The van der Waals surface area contributed by atoms with Gasteiger partial charge in [0.15, 0.2) is 5.78 Å². The number of benzene rings is 2. The van der Waals surface area contributed by atoms with Crippen molar-refractivity contribution in [2.24, 2.45) is 0 Å². The second-order valence-electron chi connectivity index (χ2n) is 4.70. The molecular formula is C16H13ClN2O. The molecule has 0 spiro atoms. The Kier molecular flexibility index (Phi) is 3.28. The fourth-order valence-electron chi connectivity index (χ4n) is 2.29. The molecule has 1 aromatic heterocycles. The van der Waals surface area contributed by atoms with Gasteiger partial charge in [-0.15, -0.1) is 0 Å². The van der Waals surface area contributed by atoms with Gasteiger partial charge >= 0.3 is 0 Å². The van der Waals surface area contributed by atoms with Crippen molar-refractivity contribution in [2.75, 3.05) is 0 Å². The normalized spacial score (nSPS) is 12.5. The molecule has 0 aliphatic heterocycles. The van der Waals surface area contributed by atoms with Gasteiger partial charge in [0.25, 0.3) is 0 Å². The summed E-state index contributed by atoms with van der Waals surface area (Å²) in [6.07, 6.45) is 1.77. The summed E-state index contributed by atoms with van der Waals surface area (Å²) in [5.74, 6) is 0.00125. The first-order chi connectivity index (χ1) is 9.66. The van der Waals surface area contributed by atoms with E-state index in [-0.39, 0.29) is 11.8 Å². The summed E-state index contributed by atoms with van der Waals surface area (Å²) in [6, 6.07) is 14.5. The lowest BCUT2D eigenvalue weighted by Gasteiger charge is -2.12. The second kappa shape index (κ2) is 5.10. The third kappa shape index (κ3) is 2.21. The molecule has 0 N–H and O–H groups in total. The molecule has 3 nitrogen and oxygen atoms in total. The van der Waals surface area contributed by atoms with Crippen LogP contribution in [0.3, 0.4) is 0 Å². The van der Waals surface area contributed by atoms with E-state index >= 15 is 0 Å². The molecule has 0 aliphatic rings. The Labute approximate surface area is 121 Å². The highest BCUT2D eigenvalue weighted by atomic mass is 35.5. The van der Waals surface area contributed by atoms with Crippen molar-refractivity contribution in [3.63, 3.8) is 0 Å². The number of aromatic nitrogens is 2. The molecule has 1 atom stereocenters. The van der Waals surface area contributed by atoms with Crippen molar-refractivity contribution >= 4 is 28.3 Å². The average Bonchev–Trinajstić information content (AvgIpc) is 2.89. The molecule has 0 aliphatic carbocycles. The Morgan fingerprint density at radius 1 is 1.20 bits per heavy atom. The fourth-order valence-corrected chi connectivity index (χ4v) is 2.48. The lowest BCUT2D eigenvalue weighted by molar-refractivity contribution is 0.0930. The van der Waals surface area contributed by atoms with E-state index in [9.17, 15) is 4.79 Å². The number of rotatable bonds is 3. The highest BCUT2D eigenvalue weighted by molar-refractivity contribution is 6.31. The molecule has 3 rings (SSSR count). The molecule has 2 aromatic carbocycles. The number of hydrogen-bond acceptors (Lipinski definition) is 2. The molecule has 0 bridgehead atoms. The van der Waals surface area contributed by atoms with Gasteiger partial charge in [0.1, 0.15) is 6.04 Å². The van der Waals surface area contributed by atoms with E-state index in [1.54, 1.807) is 35.1 Å². The van der Waals surface area contributed by atoms with Gasteiger partial charge in [0, 0.05) is 16.0 Å². The minimum absolute atomic E-state index is 0.00125. The van der Waals surface area contributed by atoms with Crippen molar-refractivity contribution in [3.05, 3.63) is 65.3 Å². The Hall–Kier alpha value is -2.13. The van der Waals surface area contributed by atoms with Gasteiger partial charge in [0.05, 0.1) is 11.7 Å². The van der Waals surface area contributed by atoms with Crippen LogP contribution in [0, 0.1) is 0 Å². The Morgan fingerprint density at radius 3 is 2.80 bits per heavy atom. The quantitative estimate of drug-likeness (QED) is 0.678. The predicted molar refractivity (Wildman–Crippen MR) is 80.2 cm³/mol. The largest absolute Gasteiger partial charge is 0.292 e. The first-order valence-electron chi connectivity index (χ1n) is 6.39. The predicted octanol–water partition coefficient (Wildman–Crippen LogP) is 4.13. The van der Waals surface area contributed by atoms with Crippen LogP contribution in [0.4, 0.5) is 0 Å². The SMILES string of the molecule is CC(C(=O)c1cccc(Cl)c1)n1ncc2ccccc21. The molecule has 0 radical (unpaired) electrons. The third-order valence-corrected chi connectivity index (χ3v) is 3.60. The van der Waals surface area contributed by atoms with Crippen molar-refractivity contribution in [2.45, 2.75) is 13.0 Å². The molecule has 0 fully saturated rings. The molecule has 1 heterocycles. The van der Waals surface area contributed by atoms with E-state index in [0.717, 1.165) is 10.9 Å². The first kappa shape index (κ1) is 12.9. The summed E-state index contributed by atoms with van der Waals surface area (Å²) >= 11 is 5.94. The molecule has 4 heteroatoms. The number of nitrogens with zero attached hydrogens (tertiary/aromatic N) is 2. The van der Waals surface area contributed by atoms with Gasteiger partial charge < -0.3 is 0 Å². The van der Waals surface area contributed by atoms with Crippen molar-refractivity contribution in [1.82, 2.24) is 9.78 Å². The van der Waals surface area contributed by atoms with Crippen LogP contribution in [0.15, 0.2) is 54.7 Å². The highest BCUT2D eigenvalue weighted by Crippen LogP contribution is 2.21. The maximum Gasteiger partial charge on any atom is 0.187 e. The maximum atomic E-state index is 12.5. The monoisotopic (exact) mass is 284 g/mol.